The van der Waals surface area contributed by atoms with Crippen molar-refractivity contribution in [3.8, 4) is 11.5 Å². The number of carbonyl (C=O) groups excluding carboxylic acids is 2. The van der Waals surface area contributed by atoms with E-state index in [0.717, 1.165) is 43.1 Å². The van der Waals surface area contributed by atoms with Gasteiger partial charge in [0.25, 0.3) is 5.91 Å². The van der Waals surface area contributed by atoms with Crippen LogP contribution in [-0.2, 0) is 11.3 Å². The fraction of sp³-hybridized carbons (Fsp3) is 0.652. The molecule has 0 unspecified atom stereocenters. The minimum atomic E-state index is -0.684. The largest absolute Gasteiger partial charge is 0.497 e. The highest BCUT2D eigenvalue weighted by molar-refractivity contribution is 6.07. The maximum absolute atomic E-state index is 13.2. The Morgan fingerprint density at radius 3 is 2.37 bits per heavy atom. The van der Waals surface area contributed by atoms with Gasteiger partial charge in [0, 0.05) is 38.3 Å². The van der Waals surface area contributed by atoms with E-state index in [1.165, 1.54) is 4.90 Å². The van der Waals surface area contributed by atoms with Crippen LogP contribution in [0, 0.1) is 5.92 Å². The van der Waals surface area contributed by atoms with Gasteiger partial charge in [0.15, 0.2) is 0 Å². The minimum absolute atomic E-state index is 0.0163. The Bertz CT molecular complexity index is 772. The van der Waals surface area contributed by atoms with Gasteiger partial charge in [-0.25, -0.2) is 4.79 Å². The monoisotopic (exact) mass is 417 g/mol. The molecule has 0 aromatic heterocycles. The molecule has 2 saturated heterocycles. The molecule has 0 atom stereocenters. The molecule has 0 bridgehead atoms. The van der Waals surface area contributed by atoms with Crippen LogP contribution in [0.1, 0.15) is 45.6 Å². The number of methoxy groups -OCH3 is 2. The predicted molar refractivity (Wildman–Crippen MR) is 116 cm³/mol. The van der Waals surface area contributed by atoms with Crippen LogP contribution in [0.4, 0.5) is 4.79 Å². The maximum Gasteiger partial charge on any atom is 0.327 e. The summed E-state index contributed by atoms with van der Waals surface area (Å²) < 4.78 is 10.9. The smallest absolute Gasteiger partial charge is 0.327 e. The van der Waals surface area contributed by atoms with Gasteiger partial charge in [0.05, 0.1) is 14.2 Å². The van der Waals surface area contributed by atoms with Crippen LogP contribution in [0.15, 0.2) is 18.2 Å². The summed E-state index contributed by atoms with van der Waals surface area (Å²) in [5.41, 5.74) is 0.380. The molecule has 0 aliphatic carbocycles. The molecule has 2 aliphatic heterocycles. The van der Waals surface area contributed by atoms with Crippen LogP contribution in [0.3, 0.4) is 0 Å². The van der Waals surface area contributed by atoms with Crippen LogP contribution in [0.25, 0.3) is 0 Å². The predicted octanol–water partition coefficient (Wildman–Crippen LogP) is 3.37. The normalized spacial score (nSPS) is 19.3. The van der Waals surface area contributed by atoms with Crippen LogP contribution >= 0.6 is 0 Å². The van der Waals surface area contributed by atoms with Gasteiger partial charge in [-0.15, -0.1) is 0 Å². The highest BCUT2D eigenvalue weighted by atomic mass is 16.5. The first-order valence-electron chi connectivity index (χ1n) is 10.9. The lowest BCUT2D eigenvalue weighted by atomic mass is 9.85. The summed E-state index contributed by atoms with van der Waals surface area (Å²) in [4.78, 5) is 31.8. The van der Waals surface area contributed by atoms with Gasteiger partial charge in [0.1, 0.15) is 17.0 Å². The summed E-state index contributed by atoms with van der Waals surface area (Å²) in [5, 5.41) is 0. The fourth-order valence-corrected chi connectivity index (χ4v) is 4.57. The van der Waals surface area contributed by atoms with Crippen molar-refractivity contribution in [1.29, 1.82) is 0 Å². The van der Waals surface area contributed by atoms with Crippen molar-refractivity contribution in [3.63, 3.8) is 0 Å². The molecule has 1 aromatic rings. The van der Waals surface area contributed by atoms with Crippen LogP contribution < -0.4 is 9.47 Å². The first-order valence-corrected chi connectivity index (χ1v) is 10.9. The molecule has 3 rings (SSSR count). The zero-order valence-electron chi connectivity index (χ0n) is 18.9. The van der Waals surface area contributed by atoms with Gasteiger partial charge in [-0.3, -0.25) is 14.6 Å². The summed E-state index contributed by atoms with van der Waals surface area (Å²) in [6, 6.07) is 5.70. The quantitative estimate of drug-likeness (QED) is 0.607. The standard InChI is InChI=1S/C23H35N3O4/c1-6-25-21(27)23(26(22(25)28)12-9-17(2)3)10-13-24(14-11-23)16-18-15-19(29-4)7-8-20(18)30-5/h7-8,15,17H,6,9-14,16H2,1-5H3. The molecule has 30 heavy (non-hydrogen) atoms. The molecule has 1 spiro atoms. The summed E-state index contributed by atoms with van der Waals surface area (Å²) >= 11 is 0. The Labute approximate surface area is 179 Å². The van der Waals surface area contributed by atoms with Gasteiger partial charge < -0.3 is 14.4 Å². The number of likely N-dealkylation sites (tertiary alicyclic amines) is 1. The molecule has 0 N–H and O–H groups in total. The highest BCUT2D eigenvalue weighted by Crippen LogP contribution is 2.38. The lowest BCUT2D eigenvalue weighted by molar-refractivity contribution is -0.135. The second kappa shape index (κ2) is 9.25. The number of carbonyl (C=O) groups is 2. The maximum atomic E-state index is 13.2. The Morgan fingerprint density at radius 1 is 1.10 bits per heavy atom. The number of hydrogen-bond acceptors (Lipinski definition) is 5. The van der Waals surface area contributed by atoms with E-state index in [0.29, 0.717) is 31.8 Å². The summed E-state index contributed by atoms with van der Waals surface area (Å²) in [6.45, 7) is 9.49. The average molecular weight is 418 g/mol. The number of amides is 3. The molecule has 166 valence electrons. The van der Waals surface area contributed by atoms with Crippen molar-refractivity contribution in [2.24, 2.45) is 5.92 Å². The first kappa shape index (κ1) is 22.4. The van der Waals surface area contributed by atoms with E-state index in [1.54, 1.807) is 14.2 Å². The Kier molecular flexibility index (Phi) is 6.91. The molecule has 2 heterocycles. The number of imide groups is 1. The van der Waals surface area contributed by atoms with Crippen LogP contribution in [0.5, 0.6) is 11.5 Å². The van der Waals surface area contributed by atoms with Gasteiger partial charge in [-0.05, 0) is 50.3 Å². The zero-order valence-corrected chi connectivity index (χ0v) is 18.9. The molecule has 2 fully saturated rings. The van der Waals surface area contributed by atoms with Crippen LogP contribution in [0.2, 0.25) is 0 Å². The molecule has 7 nitrogen and oxygen atoms in total. The number of benzene rings is 1. The van der Waals surface area contributed by atoms with Crippen molar-refractivity contribution in [2.75, 3.05) is 40.4 Å². The molecule has 3 amide bonds. The fourth-order valence-electron chi connectivity index (χ4n) is 4.57. The SMILES string of the molecule is CCN1C(=O)N(CCC(C)C)C2(CCN(Cc3cc(OC)ccc3OC)CC2)C1=O. The number of likely N-dealkylation sites (N-methyl/N-ethyl adjacent to an activating group) is 1. The summed E-state index contributed by atoms with van der Waals surface area (Å²) in [7, 11) is 3.33. The van der Waals surface area contributed by atoms with Gasteiger partial charge in [-0.2, -0.15) is 0 Å². The Morgan fingerprint density at radius 2 is 1.80 bits per heavy atom. The van der Waals surface area contributed by atoms with Crippen molar-refractivity contribution in [1.82, 2.24) is 14.7 Å². The Hall–Kier alpha value is -2.28. The second-order valence-electron chi connectivity index (χ2n) is 8.65. The van der Waals surface area contributed by atoms with E-state index < -0.39 is 5.54 Å². The van der Waals surface area contributed by atoms with Gasteiger partial charge in [0.2, 0.25) is 0 Å². The third-order valence-electron chi connectivity index (χ3n) is 6.43. The van der Waals surface area contributed by atoms with E-state index in [4.69, 9.17) is 9.47 Å². The number of hydrogen-bond donors (Lipinski definition) is 0. The highest BCUT2D eigenvalue weighted by Gasteiger charge is 2.57. The lowest BCUT2D eigenvalue weighted by Crippen LogP contribution is -2.56. The molecular weight excluding hydrogens is 382 g/mol. The molecule has 0 radical (unpaired) electrons. The Balaban J connectivity index is 1.75. The molecular formula is C23H35N3O4. The van der Waals surface area contributed by atoms with Crippen LogP contribution in [-0.4, -0.2) is 72.6 Å². The van der Waals surface area contributed by atoms with Crippen molar-refractivity contribution in [2.45, 2.75) is 52.1 Å². The molecule has 2 aliphatic rings. The summed E-state index contributed by atoms with van der Waals surface area (Å²) in [5.74, 6) is 2.10. The molecule has 7 heteroatoms. The van der Waals surface area contributed by atoms with Gasteiger partial charge >= 0.3 is 6.03 Å². The lowest BCUT2D eigenvalue weighted by Gasteiger charge is -2.42. The van der Waals surface area contributed by atoms with E-state index in [9.17, 15) is 9.59 Å². The van der Waals surface area contributed by atoms with Gasteiger partial charge in [-0.1, -0.05) is 13.8 Å². The number of piperidine rings is 1. The molecule has 0 saturated carbocycles. The van der Waals surface area contributed by atoms with E-state index in [2.05, 4.69) is 18.7 Å². The number of nitrogens with zero attached hydrogens (tertiary/aromatic N) is 3. The van der Waals surface area contributed by atoms with Crippen molar-refractivity contribution in [3.05, 3.63) is 23.8 Å². The topological polar surface area (TPSA) is 62.3 Å². The number of rotatable bonds is 8. The van der Waals surface area contributed by atoms with E-state index >= 15 is 0 Å². The number of ether oxygens (including phenoxy) is 2. The second-order valence-corrected chi connectivity index (χ2v) is 8.65. The summed E-state index contributed by atoms with van der Waals surface area (Å²) in [6.07, 6.45) is 2.24. The van der Waals surface area contributed by atoms with Crippen molar-refractivity contribution < 1.29 is 19.1 Å². The minimum Gasteiger partial charge on any atom is -0.497 e. The van der Waals surface area contributed by atoms with E-state index in [1.807, 2.05) is 30.0 Å². The average Bonchev–Trinajstić information content (AvgIpc) is 2.93. The van der Waals surface area contributed by atoms with E-state index in [-0.39, 0.29) is 11.9 Å². The number of urea groups is 1. The zero-order chi connectivity index (χ0) is 21.9. The molecule has 1 aromatic carbocycles. The first-order chi connectivity index (χ1) is 14.4. The third kappa shape index (κ3) is 4.13. The third-order valence-corrected chi connectivity index (χ3v) is 6.43. The van der Waals surface area contributed by atoms with Crippen molar-refractivity contribution >= 4 is 11.9 Å².